The van der Waals surface area contributed by atoms with Gasteiger partial charge < -0.3 is 15.8 Å². The molecule has 20 heavy (non-hydrogen) atoms. The lowest BCUT2D eigenvalue weighted by Gasteiger charge is -2.08. The van der Waals surface area contributed by atoms with Gasteiger partial charge in [-0.2, -0.15) is 0 Å². The maximum Gasteiger partial charge on any atom is 0.310 e. The summed E-state index contributed by atoms with van der Waals surface area (Å²) in [7, 11) is 1.36. The molecule has 0 aliphatic heterocycles. The number of esters is 1. The molecule has 3 N–H and O–H groups in total. The fourth-order valence-corrected chi connectivity index (χ4v) is 1.43. The van der Waals surface area contributed by atoms with Gasteiger partial charge in [-0.25, -0.2) is 0 Å². The molecule has 0 spiro atoms. The van der Waals surface area contributed by atoms with Crippen molar-refractivity contribution in [2.45, 2.75) is 13.3 Å². The molecule has 0 aliphatic rings. The first-order valence-corrected chi connectivity index (χ1v) is 6.15. The molecule has 0 aliphatic carbocycles. The van der Waals surface area contributed by atoms with Gasteiger partial charge in [-0.15, -0.1) is 24.0 Å². The van der Waals surface area contributed by atoms with E-state index >= 15 is 0 Å². The van der Waals surface area contributed by atoms with E-state index in [1.54, 1.807) is 13.1 Å². The number of guanidine groups is 1. The molecule has 0 bridgehead atoms. The summed E-state index contributed by atoms with van der Waals surface area (Å²) in [5.74, 6) is -0.252. The Morgan fingerprint density at radius 1 is 1.55 bits per heavy atom. The quantitative estimate of drug-likeness (QED) is 0.326. The Balaban J connectivity index is 0.00000361. The van der Waals surface area contributed by atoms with Crippen molar-refractivity contribution in [1.29, 1.82) is 0 Å². The highest BCUT2D eigenvalue weighted by atomic mass is 127. The van der Waals surface area contributed by atoms with Gasteiger partial charge in [-0.05, 0) is 12.1 Å². The minimum absolute atomic E-state index is 0. The molecule has 6 nitrogen and oxygen atoms in total. The Kier molecular flexibility index (Phi) is 9.69. The summed E-state index contributed by atoms with van der Waals surface area (Å²) in [5, 5.41) is 2.98. The first kappa shape index (κ1) is 18.6. The van der Waals surface area contributed by atoms with Gasteiger partial charge in [0.05, 0.1) is 19.6 Å². The highest BCUT2D eigenvalue weighted by Crippen LogP contribution is 1.97. The van der Waals surface area contributed by atoms with Gasteiger partial charge in [0, 0.05) is 24.9 Å². The number of halogens is 1. The minimum Gasteiger partial charge on any atom is -0.469 e. The zero-order valence-electron chi connectivity index (χ0n) is 11.7. The van der Waals surface area contributed by atoms with Crippen molar-refractivity contribution in [1.82, 2.24) is 10.3 Å². The fourth-order valence-electron chi connectivity index (χ4n) is 1.43. The van der Waals surface area contributed by atoms with Crippen LogP contribution in [0.3, 0.4) is 0 Å². The summed E-state index contributed by atoms with van der Waals surface area (Å²) in [6.45, 7) is 2.71. The highest BCUT2D eigenvalue weighted by molar-refractivity contribution is 14.0. The lowest BCUT2D eigenvalue weighted by Crippen LogP contribution is -2.34. The van der Waals surface area contributed by atoms with Gasteiger partial charge in [-0.3, -0.25) is 14.8 Å². The van der Waals surface area contributed by atoms with Crippen LogP contribution in [0.1, 0.15) is 12.6 Å². The highest BCUT2D eigenvalue weighted by Gasteiger charge is 2.11. The molecule has 0 amide bonds. The number of nitrogens with one attached hydrogen (secondary N) is 1. The summed E-state index contributed by atoms with van der Waals surface area (Å²) < 4.78 is 4.61. The number of nitrogens with zero attached hydrogens (tertiary/aromatic N) is 2. The van der Waals surface area contributed by atoms with Crippen LogP contribution < -0.4 is 11.1 Å². The summed E-state index contributed by atoms with van der Waals surface area (Å²) in [6, 6.07) is 5.77. The van der Waals surface area contributed by atoms with Crippen LogP contribution >= 0.6 is 24.0 Å². The van der Waals surface area contributed by atoms with Crippen LogP contribution in [0.25, 0.3) is 0 Å². The maximum absolute atomic E-state index is 11.2. The second-order valence-corrected chi connectivity index (χ2v) is 4.15. The van der Waals surface area contributed by atoms with E-state index in [4.69, 9.17) is 5.73 Å². The Hall–Kier alpha value is -1.38. The third kappa shape index (κ3) is 7.27. The number of aromatic nitrogens is 1. The Bertz CT molecular complexity index is 426. The number of hydrogen-bond acceptors (Lipinski definition) is 4. The topological polar surface area (TPSA) is 89.6 Å². The molecule has 112 valence electrons. The van der Waals surface area contributed by atoms with Gasteiger partial charge in [-0.1, -0.05) is 13.0 Å². The van der Waals surface area contributed by atoms with E-state index in [9.17, 15) is 4.79 Å². The second kappa shape index (κ2) is 10.4. The van der Waals surface area contributed by atoms with E-state index in [1.807, 2.05) is 18.2 Å². The second-order valence-electron chi connectivity index (χ2n) is 4.15. The van der Waals surface area contributed by atoms with E-state index < -0.39 is 0 Å². The molecule has 0 fully saturated rings. The summed E-state index contributed by atoms with van der Waals surface area (Å²) in [5.41, 5.74) is 6.69. The Labute approximate surface area is 136 Å². The molecule has 1 unspecified atom stereocenters. The number of nitrogens with two attached hydrogens (primary N) is 1. The number of pyridine rings is 1. The summed E-state index contributed by atoms with van der Waals surface area (Å²) >= 11 is 0. The summed E-state index contributed by atoms with van der Waals surface area (Å²) in [6.07, 6.45) is 2.52. The number of rotatable bonds is 6. The van der Waals surface area contributed by atoms with Crippen LogP contribution in [0.4, 0.5) is 0 Å². The molecule has 1 aromatic heterocycles. The van der Waals surface area contributed by atoms with Crippen LogP contribution in [0.5, 0.6) is 0 Å². The van der Waals surface area contributed by atoms with Gasteiger partial charge in [0.15, 0.2) is 5.96 Å². The molecule has 0 radical (unpaired) electrons. The Morgan fingerprint density at radius 2 is 2.30 bits per heavy atom. The zero-order chi connectivity index (χ0) is 14.1. The fraction of sp³-hybridized carbons (Fsp3) is 0.462. The smallest absolute Gasteiger partial charge is 0.310 e. The number of carbonyl (C=O) groups excluding carboxylic acids is 1. The molecular formula is C13H21IN4O2. The van der Waals surface area contributed by atoms with Crippen molar-refractivity contribution in [2.24, 2.45) is 16.6 Å². The third-order valence-electron chi connectivity index (χ3n) is 2.55. The number of aliphatic imine (C=N–C) groups is 1. The van der Waals surface area contributed by atoms with Crippen LogP contribution in [0, 0.1) is 5.92 Å². The average Bonchev–Trinajstić information content (AvgIpc) is 2.45. The monoisotopic (exact) mass is 392 g/mol. The third-order valence-corrected chi connectivity index (χ3v) is 2.55. The minimum atomic E-state index is -0.291. The molecule has 1 heterocycles. The van der Waals surface area contributed by atoms with E-state index in [0.717, 1.165) is 12.1 Å². The molecule has 0 saturated carbocycles. The average molecular weight is 392 g/mol. The molecule has 0 aromatic carbocycles. The number of ether oxygens (including phenoxy) is 1. The van der Waals surface area contributed by atoms with Crippen molar-refractivity contribution in [3.63, 3.8) is 0 Å². The largest absolute Gasteiger partial charge is 0.469 e. The maximum atomic E-state index is 11.2. The van der Waals surface area contributed by atoms with E-state index in [2.05, 4.69) is 20.0 Å². The zero-order valence-corrected chi connectivity index (χ0v) is 14.0. The van der Waals surface area contributed by atoms with Crippen molar-refractivity contribution >= 4 is 35.9 Å². The van der Waals surface area contributed by atoms with Crippen molar-refractivity contribution in [2.75, 3.05) is 20.2 Å². The van der Waals surface area contributed by atoms with Gasteiger partial charge in [0.1, 0.15) is 0 Å². The molecule has 7 heteroatoms. The number of hydrogen-bond donors (Lipinski definition) is 2. The van der Waals surface area contributed by atoms with Gasteiger partial charge >= 0.3 is 5.97 Å². The van der Waals surface area contributed by atoms with Crippen molar-refractivity contribution in [3.05, 3.63) is 30.1 Å². The van der Waals surface area contributed by atoms with Crippen molar-refractivity contribution in [3.8, 4) is 0 Å². The predicted octanol–water partition coefficient (Wildman–Crippen LogP) is 0.956. The molecule has 1 rings (SSSR count). The van der Waals surface area contributed by atoms with E-state index in [0.29, 0.717) is 19.0 Å². The van der Waals surface area contributed by atoms with Gasteiger partial charge in [0.25, 0.3) is 0 Å². The van der Waals surface area contributed by atoms with Gasteiger partial charge in [0.2, 0.25) is 0 Å². The predicted molar refractivity (Wildman–Crippen MR) is 89.0 cm³/mol. The lowest BCUT2D eigenvalue weighted by atomic mass is 10.2. The standard InChI is InChI=1S/C13H20N4O2.HI/c1-10(12(18)19-2)9-17-13(14)16-8-6-11-5-3-4-7-15-11;/h3-5,7,10H,6,8-9H2,1-2H3,(H3,14,16,17);1H. The Morgan fingerprint density at radius 3 is 2.90 bits per heavy atom. The summed E-state index contributed by atoms with van der Waals surface area (Å²) in [4.78, 5) is 19.5. The lowest BCUT2D eigenvalue weighted by molar-refractivity contribution is -0.144. The van der Waals surface area contributed by atoms with Crippen molar-refractivity contribution < 1.29 is 9.53 Å². The molecule has 0 saturated heterocycles. The molecule has 1 aromatic rings. The van der Waals surface area contributed by atoms with Crippen LogP contribution in [-0.2, 0) is 16.0 Å². The first-order chi connectivity index (χ1) is 9.13. The van der Waals surface area contributed by atoms with E-state index in [1.165, 1.54) is 7.11 Å². The SMILES string of the molecule is COC(=O)C(C)CN=C(N)NCCc1ccccn1.I. The molecular weight excluding hydrogens is 371 g/mol. The number of methoxy groups -OCH3 is 1. The first-order valence-electron chi connectivity index (χ1n) is 6.15. The van der Waals surface area contributed by atoms with E-state index in [-0.39, 0.29) is 35.9 Å². The number of carbonyl (C=O) groups is 1. The normalized spacial score (nSPS) is 12.2. The molecule has 1 atom stereocenters. The van der Waals surface area contributed by atoms with Crippen LogP contribution in [-0.4, -0.2) is 37.1 Å². The van der Waals surface area contributed by atoms with Crippen LogP contribution in [0.2, 0.25) is 0 Å². The van der Waals surface area contributed by atoms with Crippen LogP contribution in [0.15, 0.2) is 29.4 Å².